The van der Waals surface area contributed by atoms with Gasteiger partial charge in [-0.1, -0.05) is 6.07 Å². The molecule has 0 aliphatic rings. The molecule has 1 aromatic heterocycles. The molecule has 0 amide bonds. The van der Waals surface area contributed by atoms with Crippen LogP contribution in [-0.4, -0.2) is 35.3 Å². The van der Waals surface area contributed by atoms with Crippen LogP contribution in [0.15, 0.2) is 36.9 Å². The van der Waals surface area contributed by atoms with Crippen molar-refractivity contribution in [2.24, 2.45) is 0 Å². The van der Waals surface area contributed by atoms with Gasteiger partial charge in [-0.15, -0.1) is 0 Å². The minimum atomic E-state index is 0.296. The topological polar surface area (TPSA) is 67.3 Å². The van der Waals surface area contributed by atoms with E-state index in [0.717, 1.165) is 36.3 Å². The third-order valence-corrected chi connectivity index (χ3v) is 2.99. The fourth-order valence-corrected chi connectivity index (χ4v) is 1.92. The second-order valence-corrected chi connectivity index (χ2v) is 4.49. The molecule has 5 nitrogen and oxygen atoms in total. The van der Waals surface area contributed by atoms with Gasteiger partial charge in [-0.25, -0.2) is 9.97 Å². The number of phenols is 1. The highest BCUT2D eigenvalue weighted by Crippen LogP contribution is 2.24. The van der Waals surface area contributed by atoms with Gasteiger partial charge in [0.05, 0.1) is 0 Å². The molecular weight excluding hydrogens is 254 g/mol. The van der Waals surface area contributed by atoms with Crippen LogP contribution in [0.3, 0.4) is 0 Å². The lowest BCUT2D eigenvalue weighted by atomic mass is 10.0. The van der Waals surface area contributed by atoms with Crippen molar-refractivity contribution in [1.29, 1.82) is 0 Å². The first-order valence-corrected chi connectivity index (χ1v) is 6.58. The lowest BCUT2D eigenvalue weighted by Gasteiger charge is -2.09. The van der Waals surface area contributed by atoms with Crippen molar-refractivity contribution in [3.8, 4) is 16.9 Å². The van der Waals surface area contributed by atoms with Crippen LogP contribution < -0.4 is 5.32 Å². The molecule has 1 aromatic carbocycles. The predicted octanol–water partition coefficient (Wildman–Crippen LogP) is 1.98. The van der Waals surface area contributed by atoms with Crippen LogP contribution in [-0.2, 0) is 11.3 Å². The van der Waals surface area contributed by atoms with Gasteiger partial charge in [-0.3, -0.25) is 0 Å². The number of rotatable bonds is 7. The number of hydrogen-bond donors (Lipinski definition) is 2. The Morgan fingerprint density at radius 3 is 2.75 bits per heavy atom. The molecule has 0 aliphatic carbocycles. The summed E-state index contributed by atoms with van der Waals surface area (Å²) in [6.07, 6.45) is 5.97. The quantitative estimate of drug-likeness (QED) is 0.755. The fraction of sp³-hybridized carbons (Fsp3) is 0.333. The lowest BCUT2D eigenvalue weighted by molar-refractivity contribution is 0.194. The van der Waals surface area contributed by atoms with E-state index in [-0.39, 0.29) is 0 Å². The number of aromatic nitrogens is 2. The third kappa shape index (κ3) is 4.01. The van der Waals surface area contributed by atoms with Crippen molar-refractivity contribution in [2.45, 2.75) is 13.0 Å². The van der Waals surface area contributed by atoms with E-state index in [9.17, 15) is 5.11 Å². The zero-order valence-corrected chi connectivity index (χ0v) is 11.5. The van der Waals surface area contributed by atoms with Crippen molar-refractivity contribution in [3.05, 3.63) is 42.5 Å². The van der Waals surface area contributed by atoms with Crippen molar-refractivity contribution in [3.63, 3.8) is 0 Å². The van der Waals surface area contributed by atoms with Crippen LogP contribution in [0.2, 0.25) is 0 Å². The van der Waals surface area contributed by atoms with E-state index in [1.165, 1.54) is 6.33 Å². The minimum absolute atomic E-state index is 0.296. The number of methoxy groups -OCH3 is 1. The highest BCUT2D eigenvalue weighted by molar-refractivity contribution is 5.63. The van der Waals surface area contributed by atoms with Gasteiger partial charge in [0.1, 0.15) is 12.1 Å². The van der Waals surface area contributed by atoms with Gasteiger partial charge < -0.3 is 15.2 Å². The van der Waals surface area contributed by atoms with E-state index in [1.54, 1.807) is 25.6 Å². The average Bonchev–Trinajstić information content (AvgIpc) is 2.49. The largest absolute Gasteiger partial charge is 0.508 e. The molecule has 0 radical (unpaired) electrons. The standard InChI is InChI=1S/C15H19N3O2/c1-20-6-2-5-16-8-13-7-12(3-4-15(13)19)14-9-17-11-18-10-14/h3-4,7,9-11,16,19H,2,5-6,8H2,1H3. The number of hydrogen-bond acceptors (Lipinski definition) is 5. The SMILES string of the molecule is COCCCNCc1cc(-c2cncnc2)ccc1O. The minimum Gasteiger partial charge on any atom is -0.508 e. The van der Waals surface area contributed by atoms with Crippen LogP contribution in [0.1, 0.15) is 12.0 Å². The molecule has 0 fully saturated rings. The molecular formula is C15H19N3O2. The molecule has 0 bridgehead atoms. The molecule has 20 heavy (non-hydrogen) atoms. The molecule has 5 heteroatoms. The molecule has 0 unspecified atom stereocenters. The summed E-state index contributed by atoms with van der Waals surface area (Å²) in [5.74, 6) is 0.296. The summed E-state index contributed by atoms with van der Waals surface area (Å²) >= 11 is 0. The highest BCUT2D eigenvalue weighted by Gasteiger charge is 2.04. The lowest BCUT2D eigenvalue weighted by Crippen LogP contribution is -2.16. The third-order valence-electron chi connectivity index (χ3n) is 2.99. The molecule has 1 heterocycles. The Kier molecular flexibility index (Phi) is 5.46. The fourth-order valence-electron chi connectivity index (χ4n) is 1.92. The van der Waals surface area contributed by atoms with Crippen LogP contribution >= 0.6 is 0 Å². The smallest absolute Gasteiger partial charge is 0.120 e. The Morgan fingerprint density at radius 1 is 1.20 bits per heavy atom. The molecule has 0 spiro atoms. The maximum atomic E-state index is 9.89. The number of nitrogens with zero attached hydrogens (tertiary/aromatic N) is 2. The van der Waals surface area contributed by atoms with E-state index < -0.39 is 0 Å². The van der Waals surface area contributed by atoms with Crippen LogP contribution in [0.5, 0.6) is 5.75 Å². The van der Waals surface area contributed by atoms with Crippen molar-refractivity contribution >= 4 is 0 Å². The van der Waals surface area contributed by atoms with Gasteiger partial charge in [0.2, 0.25) is 0 Å². The second kappa shape index (κ2) is 7.57. The Hall–Kier alpha value is -1.98. The van der Waals surface area contributed by atoms with Gasteiger partial charge in [-0.05, 0) is 30.7 Å². The van der Waals surface area contributed by atoms with Crippen LogP contribution in [0.25, 0.3) is 11.1 Å². The number of aromatic hydroxyl groups is 1. The summed E-state index contributed by atoms with van der Waals surface area (Å²) in [5, 5.41) is 13.2. The molecule has 2 N–H and O–H groups in total. The summed E-state index contributed by atoms with van der Waals surface area (Å²) in [6, 6.07) is 5.52. The first kappa shape index (κ1) is 14.4. The Morgan fingerprint density at radius 2 is 2.00 bits per heavy atom. The number of phenolic OH excluding ortho intramolecular Hbond substituents is 1. The molecule has 2 aromatic rings. The molecule has 106 valence electrons. The van der Waals surface area contributed by atoms with Crippen LogP contribution in [0, 0.1) is 0 Å². The Labute approximate surface area is 118 Å². The second-order valence-electron chi connectivity index (χ2n) is 4.49. The first-order valence-electron chi connectivity index (χ1n) is 6.58. The molecule has 2 rings (SSSR count). The number of nitrogens with one attached hydrogen (secondary N) is 1. The van der Waals surface area contributed by atoms with Crippen molar-refractivity contribution in [2.75, 3.05) is 20.3 Å². The summed E-state index contributed by atoms with van der Waals surface area (Å²) in [7, 11) is 1.69. The Bertz CT molecular complexity index is 532. The zero-order valence-electron chi connectivity index (χ0n) is 11.5. The monoisotopic (exact) mass is 273 g/mol. The molecule has 0 atom stereocenters. The normalized spacial score (nSPS) is 10.7. The summed E-state index contributed by atoms with van der Waals surface area (Å²) < 4.78 is 4.99. The van der Waals surface area contributed by atoms with E-state index in [0.29, 0.717) is 12.3 Å². The number of ether oxygens (including phenoxy) is 1. The van der Waals surface area contributed by atoms with E-state index in [4.69, 9.17) is 4.74 Å². The van der Waals surface area contributed by atoms with Crippen molar-refractivity contribution < 1.29 is 9.84 Å². The maximum absolute atomic E-state index is 9.89. The summed E-state index contributed by atoms with van der Waals surface area (Å²) in [6.45, 7) is 2.21. The summed E-state index contributed by atoms with van der Waals surface area (Å²) in [5.41, 5.74) is 2.80. The van der Waals surface area contributed by atoms with E-state index in [1.807, 2.05) is 12.1 Å². The van der Waals surface area contributed by atoms with Crippen molar-refractivity contribution in [1.82, 2.24) is 15.3 Å². The highest BCUT2D eigenvalue weighted by atomic mass is 16.5. The van der Waals surface area contributed by atoms with Gasteiger partial charge in [0, 0.05) is 43.8 Å². The first-order chi connectivity index (χ1) is 9.81. The predicted molar refractivity (Wildman–Crippen MR) is 77.3 cm³/mol. The molecule has 0 aliphatic heterocycles. The number of benzene rings is 1. The van der Waals surface area contributed by atoms with Gasteiger partial charge in [-0.2, -0.15) is 0 Å². The maximum Gasteiger partial charge on any atom is 0.120 e. The molecule has 0 saturated heterocycles. The van der Waals surface area contributed by atoms with Gasteiger partial charge in [0.25, 0.3) is 0 Å². The average molecular weight is 273 g/mol. The zero-order chi connectivity index (χ0) is 14.2. The van der Waals surface area contributed by atoms with Crippen LogP contribution in [0.4, 0.5) is 0 Å². The van der Waals surface area contributed by atoms with E-state index in [2.05, 4.69) is 15.3 Å². The summed E-state index contributed by atoms with van der Waals surface area (Å²) in [4.78, 5) is 8.01. The molecule has 0 saturated carbocycles. The van der Waals surface area contributed by atoms with Gasteiger partial charge >= 0.3 is 0 Å². The van der Waals surface area contributed by atoms with E-state index >= 15 is 0 Å². The Balaban J connectivity index is 2.02. The van der Waals surface area contributed by atoms with Gasteiger partial charge in [0.15, 0.2) is 0 Å².